The van der Waals surface area contributed by atoms with Crippen LogP contribution in [0.1, 0.15) is 26.0 Å². The first-order valence-corrected chi connectivity index (χ1v) is 12.1. The van der Waals surface area contributed by atoms with Gasteiger partial charge in [0.1, 0.15) is 0 Å². The second kappa shape index (κ2) is 6.16. The van der Waals surface area contributed by atoms with E-state index in [9.17, 15) is 0 Å². The van der Waals surface area contributed by atoms with Crippen molar-refractivity contribution in [1.82, 2.24) is 9.36 Å². The zero-order chi connectivity index (χ0) is 14.8. The van der Waals surface area contributed by atoms with Gasteiger partial charge in [-0.15, -0.1) is 0 Å². The van der Waals surface area contributed by atoms with E-state index in [0.717, 1.165) is 12.2 Å². The molecule has 0 bridgehead atoms. The van der Waals surface area contributed by atoms with Crippen LogP contribution in [-0.2, 0) is 3.43 Å². The first-order chi connectivity index (χ1) is 8.75. The standard InChI is InChI=1S/C8H11O.3C2H6N.Sn/c1-3-7(2)8-5-4-6-9-8;3*1-3-2;/h4-6H,3H2,1-2H3;3*1-2H3;/q;3*-1;+3. The van der Waals surface area contributed by atoms with Gasteiger partial charge in [-0.1, -0.05) is 0 Å². The summed E-state index contributed by atoms with van der Waals surface area (Å²) in [4.78, 5) is 0. The Kier molecular flexibility index (Phi) is 5.51. The maximum atomic E-state index is 5.82. The second-order valence-electron chi connectivity index (χ2n) is 5.98. The molecule has 0 aromatic carbocycles. The van der Waals surface area contributed by atoms with Crippen LogP contribution in [0.4, 0.5) is 0 Å². The summed E-state index contributed by atoms with van der Waals surface area (Å²) in [5.41, 5.74) is 0. The second-order valence-corrected chi connectivity index (χ2v) is 20.4. The molecule has 1 rings (SSSR count). The van der Waals surface area contributed by atoms with Crippen LogP contribution in [0.3, 0.4) is 0 Å². The number of furan rings is 1. The minimum atomic E-state index is -3.01. The fraction of sp³-hybridized carbons (Fsp3) is 0.714. The molecule has 0 saturated heterocycles. The number of nitrogens with zero attached hydrogens (tertiary/aromatic N) is 3. The van der Waals surface area contributed by atoms with Crippen molar-refractivity contribution >= 4 is 19.2 Å². The van der Waals surface area contributed by atoms with Gasteiger partial charge in [0, 0.05) is 0 Å². The van der Waals surface area contributed by atoms with E-state index in [1.807, 2.05) is 6.07 Å². The fourth-order valence-electron chi connectivity index (χ4n) is 3.85. The van der Waals surface area contributed by atoms with Crippen molar-refractivity contribution in [1.29, 1.82) is 0 Å². The molecule has 1 atom stereocenters. The summed E-state index contributed by atoms with van der Waals surface area (Å²) in [6.45, 7) is 4.63. The van der Waals surface area contributed by atoms with Crippen LogP contribution in [-0.4, -0.2) is 70.8 Å². The molecule has 0 N–H and O–H groups in total. The molecule has 0 aliphatic heterocycles. The molecule has 19 heavy (non-hydrogen) atoms. The number of hydrogen-bond acceptors (Lipinski definition) is 4. The van der Waals surface area contributed by atoms with Gasteiger partial charge in [-0.2, -0.15) is 0 Å². The van der Waals surface area contributed by atoms with E-state index >= 15 is 0 Å². The minimum absolute atomic E-state index is 0.0642. The summed E-state index contributed by atoms with van der Waals surface area (Å²) >= 11 is -3.01. The predicted octanol–water partition coefficient (Wildman–Crippen LogP) is 2.11. The van der Waals surface area contributed by atoms with Crippen LogP contribution >= 0.6 is 0 Å². The fourth-order valence-corrected chi connectivity index (χ4v) is 21.9. The summed E-state index contributed by atoms with van der Waals surface area (Å²) in [7, 11) is 13.3. The van der Waals surface area contributed by atoms with Gasteiger partial charge in [-0.25, -0.2) is 0 Å². The number of rotatable bonds is 6. The Labute approximate surface area is 123 Å². The quantitative estimate of drug-likeness (QED) is 0.712. The summed E-state index contributed by atoms with van der Waals surface area (Å²) in [6, 6.07) is 4.13. The van der Waals surface area contributed by atoms with Crippen molar-refractivity contribution in [2.45, 2.75) is 23.7 Å². The van der Waals surface area contributed by atoms with Gasteiger partial charge >= 0.3 is 123 Å². The molecule has 5 heteroatoms. The first kappa shape index (κ1) is 17.0. The van der Waals surface area contributed by atoms with E-state index < -0.39 is 19.2 Å². The molecule has 0 amide bonds. The predicted molar refractivity (Wildman–Crippen MR) is 83.2 cm³/mol. The van der Waals surface area contributed by atoms with Crippen molar-refractivity contribution in [2.75, 3.05) is 42.3 Å². The number of hydrogen-bond donors (Lipinski definition) is 0. The normalized spacial score (nSPS) is 16.4. The van der Waals surface area contributed by atoms with Crippen LogP contribution in [0.2, 0.25) is 0 Å². The Balaban J connectivity index is 3.53. The average Bonchev–Trinajstić information content (AvgIpc) is 2.81. The molecule has 110 valence electrons. The molecule has 0 spiro atoms. The van der Waals surface area contributed by atoms with Crippen molar-refractivity contribution in [3.05, 3.63) is 24.2 Å². The molecular weight excluding hydrogens is 345 g/mol. The van der Waals surface area contributed by atoms with Crippen LogP contribution in [0, 0.1) is 0 Å². The van der Waals surface area contributed by atoms with Gasteiger partial charge in [0.25, 0.3) is 0 Å². The van der Waals surface area contributed by atoms with Crippen LogP contribution in [0.5, 0.6) is 0 Å². The molecule has 1 unspecified atom stereocenters. The zero-order valence-corrected chi connectivity index (χ0v) is 16.5. The van der Waals surface area contributed by atoms with Gasteiger partial charge < -0.3 is 0 Å². The van der Waals surface area contributed by atoms with E-state index in [-0.39, 0.29) is 3.43 Å². The Morgan fingerprint density at radius 2 is 1.53 bits per heavy atom. The maximum absolute atomic E-state index is 5.82. The summed E-state index contributed by atoms with van der Waals surface area (Å²) < 4.78 is 13.3. The molecule has 0 aliphatic rings. The van der Waals surface area contributed by atoms with Gasteiger partial charge in [0.05, 0.1) is 0 Å². The Bertz CT molecular complexity index is 368. The Morgan fingerprint density at radius 1 is 1.05 bits per heavy atom. The topological polar surface area (TPSA) is 22.9 Å². The molecule has 4 nitrogen and oxygen atoms in total. The van der Waals surface area contributed by atoms with Crippen molar-refractivity contribution < 1.29 is 4.42 Å². The van der Waals surface area contributed by atoms with Crippen molar-refractivity contribution in [2.24, 2.45) is 0 Å². The third-order valence-corrected chi connectivity index (χ3v) is 21.0. The third kappa shape index (κ3) is 2.48. The monoisotopic (exact) mass is 375 g/mol. The third-order valence-electron chi connectivity index (χ3n) is 4.38. The molecule has 0 aliphatic carbocycles. The SMILES string of the molecule is CC[C](C)(c1ccco1)[Sn]([N](C)C)([N](C)C)[N](C)C. The van der Waals surface area contributed by atoms with Gasteiger partial charge in [0.2, 0.25) is 0 Å². The summed E-state index contributed by atoms with van der Waals surface area (Å²) in [5.74, 6) is 1.11. The molecule has 0 fully saturated rings. The van der Waals surface area contributed by atoms with Gasteiger partial charge in [-0.3, -0.25) is 0 Å². The van der Waals surface area contributed by atoms with E-state index in [1.54, 1.807) is 6.26 Å². The van der Waals surface area contributed by atoms with Gasteiger partial charge in [0.15, 0.2) is 0 Å². The van der Waals surface area contributed by atoms with E-state index in [2.05, 4.69) is 71.6 Å². The Hall–Kier alpha value is -0.0413. The van der Waals surface area contributed by atoms with Crippen LogP contribution in [0.15, 0.2) is 22.8 Å². The van der Waals surface area contributed by atoms with E-state index in [0.29, 0.717) is 0 Å². The molecule has 0 saturated carbocycles. The average molecular weight is 374 g/mol. The molecule has 1 aromatic heterocycles. The van der Waals surface area contributed by atoms with Gasteiger partial charge in [-0.05, 0) is 0 Å². The summed E-state index contributed by atoms with van der Waals surface area (Å²) in [6.07, 6.45) is 2.87. The molecular formula is C14H29N3OSn. The first-order valence-electron chi connectivity index (χ1n) is 6.81. The van der Waals surface area contributed by atoms with Crippen molar-refractivity contribution in [3.8, 4) is 0 Å². The summed E-state index contributed by atoms with van der Waals surface area (Å²) in [5, 5.41) is 0. The zero-order valence-electron chi connectivity index (χ0n) is 13.7. The molecule has 0 radical (unpaired) electrons. The van der Waals surface area contributed by atoms with Crippen LogP contribution in [0.25, 0.3) is 0 Å². The van der Waals surface area contributed by atoms with Crippen LogP contribution < -0.4 is 0 Å². The van der Waals surface area contributed by atoms with E-state index in [4.69, 9.17) is 4.42 Å². The van der Waals surface area contributed by atoms with E-state index in [1.165, 1.54) is 0 Å². The molecule has 1 heterocycles. The molecule has 1 aromatic rings. The Morgan fingerprint density at radius 3 is 1.79 bits per heavy atom. The van der Waals surface area contributed by atoms with Crippen molar-refractivity contribution in [3.63, 3.8) is 0 Å².